The molecule has 0 fully saturated rings. The molecule has 0 aliphatic carbocycles. The van der Waals surface area contributed by atoms with Crippen LogP contribution in [0.2, 0.25) is 0 Å². The topological polar surface area (TPSA) is 37.3 Å². The van der Waals surface area contributed by atoms with E-state index in [1.165, 1.54) is 30.0 Å². The molecule has 0 radical (unpaired) electrons. The summed E-state index contributed by atoms with van der Waals surface area (Å²) >= 11 is 6.28. The van der Waals surface area contributed by atoms with Gasteiger partial charge in [0.05, 0.1) is 5.56 Å². The van der Waals surface area contributed by atoms with Crippen molar-refractivity contribution in [2.75, 3.05) is 0 Å². The summed E-state index contributed by atoms with van der Waals surface area (Å²) in [5.41, 5.74) is 0.101. The number of hydrogen-bond donors (Lipinski definition) is 1. The second-order valence-corrected chi connectivity index (χ2v) is 6.30. The van der Waals surface area contributed by atoms with Gasteiger partial charge >= 0.3 is 5.97 Å². The lowest BCUT2D eigenvalue weighted by atomic mass is 10.2. The van der Waals surface area contributed by atoms with Crippen LogP contribution in [-0.2, 0) is 5.75 Å². The molecule has 0 aliphatic rings. The fourth-order valence-electron chi connectivity index (χ4n) is 1.32. The lowest BCUT2D eigenvalue weighted by Crippen LogP contribution is -1.97. The normalized spacial score (nSPS) is 10.6. The van der Waals surface area contributed by atoms with Crippen molar-refractivity contribution < 1.29 is 14.3 Å². The Kier molecular flexibility index (Phi) is 4.42. The summed E-state index contributed by atoms with van der Waals surface area (Å²) in [7, 11) is 0. The fourth-order valence-corrected chi connectivity index (χ4v) is 4.09. The molecule has 1 heterocycles. The van der Waals surface area contributed by atoms with Crippen LogP contribution in [0.5, 0.6) is 0 Å². The fraction of sp³-hybridized carbons (Fsp3) is 0.0833. The molecule has 0 atom stereocenters. The van der Waals surface area contributed by atoms with Gasteiger partial charge in [0.2, 0.25) is 0 Å². The van der Waals surface area contributed by atoms with Crippen LogP contribution < -0.4 is 0 Å². The summed E-state index contributed by atoms with van der Waals surface area (Å²) in [6.07, 6.45) is 0. The third-order valence-corrected chi connectivity index (χ3v) is 5.39. The Balaban J connectivity index is 2.16. The van der Waals surface area contributed by atoms with Crippen LogP contribution in [0.1, 0.15) is 15.2 Å². The van der Waals surface area contributed by atoms with E-state index in [9.17, 15) is 9.18 Å². The van der Waals surface area contributed by atoms with Gasteiger partial charge in [-0.05, 0) is 45.6 Å². The average molecular weight is 347 g/mol. The van der Waals surface area contributed by atoms with Crippen molar-refractivity contribution in [2.45, 2.75) is 10.6 Å². The van der Waals surface area contributed by atoms with E-state index in [0.717, 1.165) is 9.35 Å². The minimum absolute atomic E-state index is 0.101. The van der Waals surface area contributed by atoms with E-state index in [2.05, 4.69) is 15.9 Å². The SMILES string of the molecule is O=C(O)c1ccc(F)c(SCc2sccc2Br)c1. The quantitative estimate of drug-likeness (QED) is 0.819. The van der Waals surface area contributed by atoms with Gasteiger partial charge in [0.15, 0.2) is 0 Å². The lowest BCUT2D eigenvalue weighted by molar-refractivity contribution is 0.0696. The Labute approximate surface area is 120 Å². The third kappa shape index (κ3) is 3.13. The number of aromatic carboxylic acids is 1. The zero-order chi connectivity index (χ0) is 13.1. The van der Waals surface area contributed by atoms with E-state index in [0.29, 0.717) is 10.6 Å². The van der Waals surface area contributed by atoms with Crippen LogP contribution >= 0.6 is 39.0 Å². The van der Waals surface area contributed by atoms with Gasteiger partial charge in [-0.2, -0.15) is 0 Å². The van der Waals surface area contributed by atoms with Gasteiger partial charge in [0.25, 0.3) is 0 Å². The molecule has 0 spiro atoms. The van der Waals surface area contributed by atoms with E-state index in [4.69, 9.17) is 5.11 Å². The minimum atomic E-state index is -1.05. The summed E-state index contributed by atoms with van der Waals surface area (Å²) in [6.45, 7) is 0. The molecule has 0 saturated carbocycles. The van der Waals surface area contributed by atoms with E-state index in [-0.39, 0.29) is 5.56 Å². The number of carbonyl (C=O) groups is 1. The maximum atomic E-state index is 13.5. The number of hydrogen-bond acceptors (Lipinski definition) is 3. The summed E-state index contributed by atoms with van der Waals surface area (Å²) in [5, 5.41) is 10.8. The number of halogens is 2. The van der Waals surface area contributed by atoms with Gasteiger partial charge in [-0.3, -0.25) is 0 Å². The number of carboxylic acid groups (broad SMARTS) is 1. The van der Waals surface area contributed by atoms with Crippen LogP contribution in [0.15, 0.2) is 39.0 Å². The predicted molar refractivity (Wildman–Crippen MR) is 74.9 cm³/mol. The molecule has 1 aromatic carbocycles. The summed E-state index contributed by atoms with van der Waals surface area (Å²) in [4.78, 5) is 12.3. The monoisotopic (exact) mass is 346 g/mol. The Bertz CT molecular complexity index is 583. The first-order valence-electron chi connectivity index (χ1n) is 4.95. The van der Waals surface area contributed by atoms with Gasteiger partial charge < -0.3 is 5.11 Å². The highest BCUT2D eigenvalue weighted by molar-refractivity contribution is 9.10. The van der Waals surface area contributed by atoms with Crippen molar-refractivity contribution in [1.29, 1.82) is 0 Å². The molecule has 0 amide bonds. The second-order valence-electron chi connectivity index (χ2n) is 3.43. The number of carboxylic acids is 1. The van der Waals surface area contributed by atoms with Gasteiger partial charge in [0.1, 0.15) is 5.82 Å². The first-order valence-corrected chi connectivity index (χ1v) is 7.61. The molecule has 0 unspecified atom stereocenters. The molecule has 94 valence electrons. The average Bonchev–Trinajstić information content (AvgIpc) is 2.73. The molecular formula is C12H8BrFO2S2. The number of thiophene rings is 1. The molecule has 0 aliphatic heterocycles. The number of rotatable bonds is 4. The third-order valence-electron chi connectivity index (χ3n) is 2.23. The van der Waals surface area contributed by atoms with Crippen molar-refractivity contribution in [3.05, 3.63) is 50.4 Å². The Morgan fingerprint density at radius 1 is 1.44 bits per heavy atom. The summed E-state index contributed by atoms with van der Waals surface area (Å²) in [6, 6.07) is 5.76. The van der Waals surface area contributed by atoms with E-state index in [1.54, 1.807) is 11.3 Å². The number of thioether (sulfide) groups is 1. The van der Waals surface area contributed by atoms with Crippen LogP contribution in [0.3, 0.4) is 0 Å². The predicted octanol–water partition coefficient (Wildman–Crippen LogP) is 4.64. The van der Waals surface area contributed by atoms with E-state index in [1.807, 2.05) is 11.4 Å². The molecule has 2 rings (SSSR count). The van der Waals surface area contributed by atoms with Gasteiger partial charge in [-0.1, -0.05) is 0 Å². The molecule has 0 saturated heterocycles. The Morgan fingerprint density at radius 2 is 2.22 bits per heavy atom. The van der Waals surface area contributed by atoms with Gasteiger partial charge in [-0.25, -0.2) is 9.18 Å². The summed E-state index contributed by atoms with van der Waals surface area (Å²) in [5.74, 6) is -0.829. The largest absolute Gasteiger partial charge is 0.478 e. The van der Waals surface area contributed by atoms with E-state index >= 15 is 0 Å². The first kappa shape index (κ1) is 13.6. The molecule has 2 aromatic rings. The van der Waals surface area contributed by atoms with Gasteiger partial charge in [-0.15, -0.1) is 23.1 Å². The van der Waals surface area contributed by atoms with Crippen molar-refractivity contribution >= 4 is 45.0 Å². The van der Waals surface area contributed by atoms with Crippen LogP contribution in [0, 0.1) is 5.82 Å². The first-order chi connectivity index (χ1) is 8.58. The van der Waals surface area contributed by atoms with Crippen molar-refractivity contribution in [3.63, 3.8) is 0 Å². The smallest absolute Gasteiger partial charge is 0.335 e. The highest BCUT2D eigenvalue weighted by atomic mass is 79.9. The maximum Gasteiger partial charge on any atom is 0.335 e. The second kappa shape index (κ2) is 5.86. The van der Waals surface area contributed by atoms with Crippen molar-refractivity contribution in [2.24, 2.45) is 0 Å². The molecule has 2 nitrogen and oxygen atoms in total. The lowest BCUT2D eigenvalue weighted by Gasteiger charge is -2.04. The van der Waals surface area contributed by atoms with E-state index < -0.39 is 11.8 Å². The minimum Gasteiger partial charge on any atom is -0.478 e. The zero-order valence-electron chi connectivity index (χ0n) is 9.02. The highest BCUT2D eigenvalue weighted by Gasteiger charge is 2.10. The Hall–Kier alpha value is -0.850. The zero-order valence-corrected chi connectivity index (χ0v) is 12.2. The van der Waals surface area contributed by atoms with Crippen LogP contribution in [-0.4, -0.2) is 11.1 Å². The van der Waals surface area contributed by atoms with Crippen LogP contribution in [0.25, 0.3) is 0 Å². The molecule has 1 aromatic heterocycles. The molecule has 18 heavy (non-hydrogen) atoms. The summed E-state index contributed by atoms with van der Waals surface area (Å²) < 4.78 is 14.5. The van der Waals surface area contributed by atoms with Crippen LogP contribution in [0.4, 0.5) is 4.39 Å². The molecule has 0 bridgehead atoms. The molecular weight excluding hydrogens is 339 g/mol. The maximum absolute atomic E-state index is 13.5. The standard InChI is InChI=1S/C12H8BrFO2S2/c13-8-3-4-17-11(8)6-18-10-5-7(12(15)16)1-2-9(10)14/h1-5H,6H2,(H,15,16). The highest BCUT2D eigenvalue weighted by Crippen LogP contribution is 2.32. The van der Waals surface area contributed by atoms with Crippen molar-refractivity contribution in [1.82, 2.24) is 0 Å². The van der Waals surface area contributed by atoms with Crippen molar-refractivity contribution in [3.8, 4) is 0 Å². The van der Waals surface area contributed by atoms with Gasteiger partial charge in [0, 0.05) is 20.0 Å². The molecule has 1 N–H and O–H groups in total. The number of benzene rings is 1. The molecule has 6 heteroatoms. The Morgan fingerprint density at radius 3 is 2.83 bits per heavy atom.